The quantitative estimate of drug-likeness (QED) is 0.871. The Labute approximate surface area is 111 Å². The van der Waals surface area contributed by atoms with Crippen molar-refractivity contribution in [3.8, 4) is 6.07 Å². The first-order valence-electron chi connectivity index (χ1n) is 5.59. The van der Waals surface area contributed by atoms with Gasteiger partial charge in [0, 0.05) is 12.7 Å². The predicted molar refractivity (Wildman–Crippen MR) is 69.7 cm³/mol. The van der Waals surface area contributed by atoms with Gasteiger partial charge < -0.3 is 5.43 Å². The monoisotopic (exact) mass is 276 g/mol. The van der Waals surface area contributed by atoms with Gasteiger partial charge in [-0.25, -0.2) is 8.42 Å². The summed E-state index contributed by atoms with van der Waals surface area (Å²) in [6.07, 6.45) is 1.56. The molecule has 0 spiro atoms. The molecule has 0 aliphatic carbocycles. The van der Waals surface area contributed by atoms with Crippen LogP contribution in [0.3, 0.4) is 0 Å². The highest BCUT2D eigenvalue weighted by Crippen LogP contribution is 2.09. The molecule has 1 aromatic carbocycles. The van der Waals surface area contributed by atoms with Gasteiger partial charge in [0.25, 0.3) is 0 Å². The molecule has 19 heavy (non-hydrogen) atoms. The molecule has 1 aromatic heterocycles. The second kappa shape index (κ2) is 5.54. The van der Waals surface area contributed by atoms with Crippen LogP contribution in [-0.4, -0.2) is 30.6 Å². The predicted octanol–water partition coefficient (Wildman–Crippen LogP) is 0.772. The minimum absolute atomic E-state index is 0.0429. The lowest BCUT2D eigenvalue weighted by molar-refractivity contribution is 0.594. The Kier molecular flexibility index (Phi) is 3.82. The summed E-state index contributed by atoms with van der Waals surface area (Å²) in [4.78, 5) is 1.63. The molecule has 98 valence electrons. The molecule has 0 saturated heterocycles. The van der Waals surface area contributed by atoms with Gasteiger partial charge in [-0.3, -0.25) is 0 Å². The maximum atomic E-state index is 12.0. The van der Waals surface area contributed by atoms with Gasteiger partial charge in [0.1, 0.15) is 6.07 Å². The van der Waals surface area contributed by atoms with Crippen LogP contribution >= 0.6 is 0 Å². The molecule has 0 radical (unpaired) electrons. The van der Waals surface area contributed by atoms with Crippen LogP contribution in [0.4, 0.5) is 0 Å². The van der Waals surface area contributed by atoms with Gasteiger partial charge in [-0.2, -0.15) is 10.1 Å². The van der Waals surface area contributed by atoms with Crippen molar-refractivity contribution in [2.75, 3.05) is 17.7 Å². The fourth-order valence-corrected chi connectivity index (χ4v) is 2.68. The Morgan fingerprint density at radius 1 is 1.26 bits per heavy atom. The highest BCUT2D eigenvalue weighted by molar-refractivity contribution is 7.91. The van der Waals surface area contributed by atoms with E-state index < -0.39 is 9.84 Å². The van der Waals surface area contributed by atoms with Gasteiger partial charge in [-0.05, 0) is 18.2 Å². The lowest BCUT2D eigenvalue weighted by Gasteiger charge is -2.07. The Balaban J connectivity index is 1.94. The molecular formula is C12H12N4O2S. The molecule has 1 N–H and O–H groups in total. The third-order valence-electron chi connectivity index (χ3n) is 2.45. The number of benzene rings is 1. The molecule has 2 aromatic rings. The fraction of sp³-hybridized carbons (Fsp3) is 0.167. The van der Waals surface area contributed by atoms with Gasteiger partial charge in [-0.15, -0.1) is 5.10 Å². The second-order valence-corrected chi connectivity index (χ2v) is 5.91. The van der Waals surface area contributed by atoms with Crippen LogP contribution < -0.4 is 5.43 Å². The van der Waals surface area contributed by atoms with Crippen LogP contribution in [0.5, 0.6) is 0 Å². The minimum Gasteiger partial charge on any atom is -0.309 e. The smallest absolute Gasteiger partial charge is 0.180 e. The largest absolute Gasteiger partial charge is 0.309 e. The summed E-state index contributed by atoms with van der Waals surface area (Å²) >= 11 is 0. The van der Waals surface area contributed by atoms with Gasteiger partial charge in [0.2, 0.25) is 0 Å². The number of sulfone groups is 1. The van der Waals surface area contributed by atoms with E-state index in [9.17, 15) is 8.42 Å². The number of rotatable bonds is 5. The molecule has 2 rings (SSSR count). The fourth-order valence-electron chi connectivity index (χ4n) is 1.51. The van der Waals surface area contributed by atoms with E-state index in [0.717, 1.165) is 0 Å². The highest BCUT2D eigenvalue weighted by Gasteiger charge is 2.13. The van der Waals surface area contributed by atoms with Crippen molar-refractivity contribution in [2.24, 2.45) is 0 Å². The summed E-state index contributed by atoms with van der Waals surface area (Å²) in [6, 6.07) is 11.7. The van der Waals surface area contributed by atoms with Crippen molar-refractivity contribution in [3.63, 3.8) is 0 Å². The zero-order valence-corrected chi connectivity index (χ0v) is 10.8. The van der Waals surface area contributed by atoms with E-state index in [2.05, 4.69) is 10.5 Å². The van der Waals surface area contributed by atoms with Crippen molar-refractivity contribution >= 4 is 9.84 Å². The standard InChI is InChI=1S/C12H12N4O2S/c13-10-11-6-8-16(15-11)14-7-9-19(17,18)12-4-2-1-3-5-12/h1-6,8,14H,7,9H2. The van der Waals surface area contributed by atoms with Gasteiger partial charge >= 0.3 is 0 Å². The van der Waals surface area contributed by atoms with E-state index in [1.54, 1.807) is 42.6 Å². The lowest BCUT2D eigenvalue weighted by Crippen LogP contribution is -2.23. The number of nitrogens with zero attached hydrogens (tertiary/aromatic N) is 3. The zero-order valence-electron chi connectivity index (χ0n) is 10.0. The van der Waals surface area contributed by atoms with Gasteiger partial charge in [0.15, 0.2) is 15.5 Å². The number of hydrogen-bond acceptors (Lipinski definition) is 5. The van der Waals surface area contributed by atoms with Gasteiger partial charge in [0.05, 0.1) is 10.6 Å². The van der Waals surface area contributed by atoms with Crippen LogP contribution in [0.15, 0.2) is 47.5 Å². The molecule has 0 atom stereocenters. The summed E-state index contributed by atoms with van der Waals surface area (Å²) in [7, 11) is -3.30. The first-order valence-corrected chi connectivity index (χ1v) is 7.24. The first kappa shape index (κ1) is 13.1. The van der Waals surface area contributed by atoms with Crippen molar-refractivity contribution in [1.82, 2.24) is 9.89 Å². The summed E-state index contributed by atoms with van der Waals surface area (Å²) < 4.78 is 23.9. The Hall–Kier alpha value is -2.33. The normalized spacial score (nSPS) is 10.9. The average Bonchev–Trinajstić information content (AvgIpc) is 2.87. The Morgan fingerprint density at radius 3 is 2.63 bits per heavy atom. The van der Waals surface area contributed by atoms with E-state index >= 15 is 0 Å². The minimum atomic E-state index is -3.30. The molecule has 7 heteroatoms. The highest BCUT2D eigenvalue weighted by atomic mass is 32.2. The average molecular weight is 276 g/mol. The Morgan fingerprint density at radius 2 is 2.00 bits per heavy atom. The molecule has 0 amide bonds. The summed E-state index contributed by atoms with van der Waals surface area (Å²) in [5, 5.41) is 12.5. The summed E-state index contributed by atoms with van der Waals surface area (Å²) in [5.41, 5.74) is 3.08. The molecule has 0 saturated carbocycles. The molecule has 0 bridgehead atoms. The SMILES string of the molecule is N#Cc1ccn(NCCS(=O)(=O)c2ccccc2)n1. The van der Waals surface area contributed by atoms with E-state index in [0.29, 0.717) is 4.90 Å². The van der Waals surface area contributed by atoms with E-state index in [1.807, 2.05) is 6.07 Å². The van der Waals surface area contributed by atoms with Crippen LogP contribution in [0, 0.1) is 11.3 Å². The molecule has 1 heterocycles. The summed E-state index contributed by atoms with van der Waals surface area (Å²) in [6.45, 7) is 0.212. The zero-order chi connectivity index (χ0) is 13.7. The third-order valence-corrected chi connectivity index (χ3v) is 4.18. The molecule has 6 nitrogen and oxygen atoms in total. The van der Waals surface area contributed by atoms with E-state index in [-0.39, 0.29) is 18.0 Å². The maximum absolute atomic E-state index is 12.0. The van der Waals surface area contributed by atoms with Crippen LogP contribution in [0.25, 0.3) is 0 Å². The lowest BCUT2D eigenvalue weighted by atomic mass is 10.4. The van der Waals surface area contributed by atoms with Crippen LogP contribution in [0.2, 0.25) is 0 Å². The maximum Gasteiger partial charge on any atom is 0.180 e. The third kappa shape index (κ3) is 3.33. The van der Waals surface area contributed by atoms with Crippen molar-refractivity contribution in [1.29, 1.82) is 5.26 Å². The molecule has 0 unspecified atom stereocenters. The molecule has 0 fully saturated rings. The van der Waals surface area contributed by atoms with Gasteiger partial charge in [-0.1, -0.05) is 18.2 Å². The van der Waals surface area contributed by atoms with Crippen LogP contribution in [-0.2, 0) is 9.84 Å². The molecular weight excluding hydrogens is 264 g/mol. The van der Waals surface area contributed by atoms with Crippen molar-refractivity contribution in [3.05, 3.63) is 48.3 Å². The number of nitriles is 1. The van der Waals surface area contributed by atoms with E-state index in [1.165, 1.54) is 4.79 Å². The van der Waals surface area contributed by atoms with Crippen LogP contribution in [0.1, 0.15) is 5.69 Å². The first-order chi connectivity index (χ1) is 9.12. The van der Waals surface area contributed by atoms with E-state index in [4.69, 9.17) is 5.26 Å². The number of hydrogen-bond donors (Lipinski definition) is 1. The topological polar surface area (TPSA) is 87.8 Å². The number of nitrogens with one attached hydrogen (secondary N) is 1. The molecule has 0 aliphatic heterocycles. The second-order valence-electron chi connectivity index (χ2n) is 3.80. The van der Waals surface area contributed by atoms with Crippen molar-refractivity contribution < 1.29 is 8.42 Å². The summed E-state index contributed by atoms with van der Waals surface area (Å²) in [5.74, 6) is -0.0429. The Bertz CT molecular complexity index is 686. The van der Waals surface area contributed by atoms with Crippen molar-refractivity contribution in [2.45, 2.75) is 4.90 Å². The number of aromatic nitrogens is 2. The molecule has 0 aliphatic rings.